The zero-order valence-electron chi connectivity index (χ0n) is 11.5. The Morgan fingerprint density at radius 2 is 1.72 bits per heavy atom. The summed E-state index contributed by atoms with van der Waals surface area (Å²) in [7, 11) is 1.79. The fourth-order valence-electron chi connectivity index (χ4n) is 2.98. The molecule has 0 N–H and O–H groups in total. The van der Waals surface area contributed by atoms with Gasteiger partial charge in [0.2, 0.25) is 0 Å². The number of ether oxygens (including phenoxy) is 1. The van der Waals surface area contributed by atoms with Crippen LogP contribution in [-0.2, 0) is 4.74 Å². The highest BCUT2D eigenvalue weighted by molar-refractivity contribution is 14.1. The molecule has 0 radical (unpaired) electrons. The van der Waals surface area contributed by atoms with Gasteiger partial charge in [-0.1, -0.05) is 0 Å². The molecule has 0 aromatic carbocycles. The van der Waals surface area contributed by atoms with Crippen molar-refractivity contribution in [1.82, 2.24) is 12.9 Å². The molecule has 0 spiro atoms. The fraction of sp³-hybridized carbons (Fsp3) is 1.00. The summed E-state index contributed by atoms with van der Waals surface area (Å²) in [5, 5.41) is 0. The van der Waals surface area contributed by atoms with Crippen molar-refractivity contribution in [3.8, 4) is 0 Å². The number of rotatable bonds is 5. The summed E-state index contributed by atoms with van der Waals surface area (Å²) in [6, 6.07) is 0.845. The van der Waals surface area contributed by atoms with E-state index < -0.39 is 0 Å². The van der Waals surface area contributed by atoms with Gasteiger partial charge in [-0.05, 0) is 19.3 Å². The smallest absolute Gasteiger partial charge is 0.0474 e. The first-order valence-corrected chi connectivity index (χ1v) is 8.12. The Kier molecular flexibility index (Phi) is 6.65. The number of hydrogen-bond donors (Lipinski definition) is 0. The zero-order valence-corrected chi connectivity index (χ0v) is 13.6. The van der Waals surface area contributed by atoms with Gasteiger partial charge >= 0.3 is 0 Å². The van der Waals surface area contributed by atoms with Gasteiger partial charge in [0.25, 0.3) is 0 Å². The predicted octanol–water partition coefficient (Wildman–Crippen LogP) is 1.45. The number of methoxy groups -OCH3 is 1. The summed E-state index contributed by atoms with van der Waals surface area (Å²) in [5.74, 6) is 0. The van der Waals surface area contributed by atoms with Crippen molar-refractivity contribution < 1.29 is 4.74 Å². The summed E-state index contributed by atoms with van der Waals surface area (Å²) in [4.78, 5) is 5.30. The lowest BCUT2D eigenvalue weighted by atomic mass is 10.0. The van der Waals surface area contributed by atoms with Crippen LogP contribution in [0.5, 0.6) is 0 Å². The Labute approximate surface area is 125 Å². The van der Waals surface area contributed by atoms with E-state index in [0.717, 1.165) is 12.6 Å². The number of piperazine rings is 1. The van der Waals surface area contributed by atoms with Crippen molar-refractivity contribution >= 4 is 22.9 Å². The molecule has 2 aliphatic heterocycles. The van der Waals surface area contributed by atoms with E-state index in [9.17, 15) is 0 Å². The third-order valence-corrected chi connectivity index (χ3v) is 5.12. The minimum absolute atomic E-state index is 0.845. The lowest BCUT2D eigenvalue weighted by molar-refractivity contribution is 0.0705. The first-order valence-electron chi connectivity index (χ1n) is 7.15. The Bertz CT molecular complexity index is 226. The van der Waals surface area contributed by atoms with Crippen LogP contribution in [0.4, 0.5) is 0 Å². The highest BCUT2D eigenvalue weighted by Gasteiger charge is 2.26. The molecular weight excluding hydrogens is 341 g/mol. The molecule has 0 aliphatic carbocycles. The zero-order chi connectivity index (χ0) is 12.8. The molecule has 4 nitrogen and oxygen atoms in total. The van der Waals surface area contributed by atoms with Gasteiger partial charge in [-0.3, -0.25) is 4.90 Å². The molecule has 0 unspecified atom stereocenters. The Morgan fingerprint density at radius 3 is 2.33 bits per heavy atom. The van der Waals surface area contributed by atoms with Crippen LogP contribution in [-0.4, -0.2) is 78.5 Å². The lowest BCUT2D eigenvalue weighted by Crippen LogP contribution is -2.52. The van der Waals surface area contributed by atoms with Crippen LogP contribution in [0.1, 0.15) is 19.3 Å². The van der Waals surface area contributed by atoms with E-state index in [1.807, 2.05) is 0 Å². The summed E-state index contributed by atoms with van der Waals surface area (Å²) >= 11 is 2.45. The molecule has 2 rings (SSSR count). The maximum absolute atomic E-state index is 5.12. The van der Waals surface area contributed by atoms with Gasteiger partial charge in [0.1, 0.15) is 0 Å². The average molecular weight is 367 g/mol. The monoisotopic (exact) mass is 367 g/mol. The van der Waals surface area contributed by atoms with Gasteiger partial charge in [-0.25, -0.2) is 3.11 Å². The van der Waals surface area contributed by atoms with E-state index >= 15 is 0 Å². The molecule has 0 aromatic heterocycles. The summed E-state index contributed by atoms with van der Waals surface area (Å²) in [6.45, 7) is 9.64. The number of halogens is 1. The highest BCUT2D eigenvalue weighted by Crippen LogP contribution is 2.20. The molecule has 18 heavy (non-hydrogen) atoms. The maximum Gasteiger partial charge on any atom is 0.0474 e. The van der Waals surface area contributed by atoms with Crippen LogP contribution in [0.3, 0.4) is 0 Å². The van der Waals surface area contributed by atoms with Crippen LogP contribution in [0.2, 0.25) is 0 Å². The van der Waals surface area contributed by atoms with E-state index in [2.05, 4.69) is 35.8 Å². The molecule has 2 heterocycles. The molecule has 2 saturated heterocycles. The standard InChI is InChI=1S/C13H26IN3O/c1-18-12-2-5-15-8-10-16(11-9-15)13-3-6-17(14)7-4-13/h13H,2-12H2,1H3. The molecule has 0 aromatic rings. The Balaban J connectivity index is 1.63. The van der Waals surface area contributed by atoms with Crippen molar-refractivity contribution in [2.75, 3.05) is 59.5 Å². The minimum Gasteiger partial charge on any atom is -0.385 e. The molecule has 106 valence electrons. The van der Waals surface area contributed by atoms with Gasteiger partial charge in [0.15, 0.2) is 0 Å². The third-order valence-electron chi connectivity index (χ3n) is 4.16. The van der Waals surface area contributed by atoms with Crippen LogP contribution >= 0.6 is 22.9 Å². The lowest BCUT2D eigenvalue weighted by Gasteiger charge is -2.41. The van der Waals surface area contributed by atoms with E-state index in [4.69, 9.17) is 4.74 Å². The minimum atomic E-state index is 0.845. The molecule has 2 aliphatic rings. The largest absolute Gasteiger partial charge is 0.385 e. The Morgan fingerprint density at radius 1 is 1.06 bits per heavy atom. The van der Waals surface area contributed by atoms with Crippen LogP contribution in [0.25, 0.3) is 0 Å². The van der Waals surface area contributed by atoms with Crippen LogP contribution < -0.4 is 0 Å². The molecule has 2 fully saturated rings. The van der Waals surface area contributed by atoms with Gasteiger partial charge in [-0.2, -0.15) is 0 Å². The van der Waals surface area contributed by atoms with E-state index in [1.54, 1.807) is 7.11 Å². The second-order valence-electron chi connectivity index (χ2n) is 5.37. The quantitative estimate of drug-likeness (QED) is 0.416. The van der Waals surface area contributed by atoms with E-state index in [0.29, 0.717) is 0 Å². The maximum atomic E-state index is 5.12. The van der Waals surface area contributed by atoms with Crippen molar-refractivity contribution in [1.29, 1.82) is 0 Å². The van der Waals surface area contributed by atoms with Gasteiger partial charge in [-0.15, -0.1) is 0 Å². The normalized spacial score (nSPS) is 25.7. The topological polar surface area (TPSA) is 19.0 Å². The first kappa shape index (κ1) is 15.0. The molecular formula is C13H26IN3O. The van der Waals surface area contributed by atoms with Gasteiger partial charge < -0.3 is 9.64 Å². The van der Waals surface area contributed by atoms with E-state index in [1.165, 1.54) is 65.1 Å². The predicted molar refractivity (Wildman–Crippen MR) is 83.1 cm³/mol. The SMILES string of the molecule is COCCCN1CCN(C2CCN(I)CC2)CC1. The molecule has 0 bridgehead atoms. The molecule has 0 amide bonds. The Hall–Kier alpha value is 0.570. The molecule has 0 atom stereocenters. The molecule has 0 saturated carbocycles. The van der Waals surface area contributed by atoms with Gasteiger partial charge in [0.05, 0.1) is 0 Å². The third kappa shape index (κ3) is 4.59. The second kappa shape index (κ2) is 7.99. The summed E-state index contributed by atoms with van der Waals surface area (Å²) < 4.78 is 7.54. The van der Waals surface area contributed by atoms with E-state index in [-0.39, 0.29) is 0 Å². The van der Waals surface area contributed by atoms with Crippen LogP contribution in [0.15, 0.2) is 0 Å². The van der Waals surface area contributed by atoms with Gasteiger partial charge in [0, 0.05) is 88.4 Å². The van der Waals surface area contributed by atoms with Crippen molar-refractivity contribution in [2.45, 2.75) is 25.3 Å². The van der Waals surface area contributed by atoms with Crippen molar-refractivity contribution in [3.05, 3.63) is 0 Å². The number of piperidine rings is 1. The highest BCUT2D eigenvalue weighted by atomic mass is 127. The number of hydrogen-bond acceptors (Lipinski definition) is 4. The molecule has 5 heteroatoms. The summed E-state index contributed by atoms with van der Waals surface area (Å²) in [5.41, 5.74) is 0. The summed E-state index contributed by atoms with van der Waals surface area (Å²) in [6.07, 6.45) is 3.88. The second-order valence-corrected chi connectivity index (χ2v) is 6.73. The van der Waals surface area contributed by atoms with Crippen molar-refractivity contribution in [3.63, 3.8) is 0 Å². The number of nitrogens with zero attached hydrogens (tertiary/aromatic N) is 3. The fourth-order valence-corrected chi connectivity index (χ4v) is 3.54. The van der Waals surface area contributed by atoms with Crippen LogP contribution in [0, 0.1) is 0 Å². The average Bonchev–Trinajstić information content (AvgIpc) is 2.41. The first-order chi connectivity index (χ1) is 8.79. The van der Waals surface area contributed by atoms with Crippen molar-refractivity contribution in [2.24, 2.45) is 0 Å².